The molecule has 1 heterocycles. The fraction of sp³-hybridized carbons (Fsp3) is 0.250. The monoisotopic (exact) mass is 568 g/mol. The SMILES string of the molecule is CCOc1cc([C@H](C[N+](=O)[O-])Sc2nnc(C)n2-c2ccc(C)c(C)c2)ccc1OCc1ccc2ccccc2c1. The van der Waals surface area contributed by atoms with Crippen molar-refractivity contribution in [2.24, 2.45) is 0 Å². The number of aryl methyl sites for hydroxylation is 3. The normalized spacial score (nSPS) is 11.9. The zero-order chi connectivity index (χ0) is 28.9. The Morgan fingerprint density at radius 1 is 0.878 bits per heavy atom. The molecule has 1 atom stereocenters. The first-order valence-corrected chi connectivity index (χ1v) is 14.4. The molecule has 0 radical (unpaired) electrons. The van der Waals surface area contributed by atoms with Crippen molar-refractivity contribution in [1.29, 1.82) is 0 Å². The van der Waals surface area contributed by atoms with Crippen LogP contribution in [0.5, 0.6) is 11.5 Å². The summed E-state index contributed by atoms with van der Waals surface area (Å²) >= 11 is 1.32. The highest BCUT2D eigenvalue weighted by molar-refractivity contribution is 7.99. The average Bonchev–Trinajstić information content (AvgIpc) is 3.32. The Morgan fingerprint density at radius 3 is 2.44 bits per heavy atom. The van der Waals surface area contributed by atoms with E-state index < -0.39 is 5.25 Å². The largest absolute Gasteiger partial charge is 0.490 e. The van der Waals surface area contributed by atoms with Crippen LogP contribution in [-0.4, -0.2) is 32.8 Å². The summed E-state index contributed by atoms with van der Waals surface area (Å²) in [5.74, 6) is 1.84. The zero-order valence-electron chi connectivity index (χ0n) is 23.5. The zero-order valence-corrected chi connectivity index (χ0v) is 24.4. The fourth-order valence-corrected chi connectivity index (χ4v) is 5.82. The molecule has 5 aromatic rings. The van der Waals surface area contributed by atoms with Gasteiger partial charge in [0.25, 0.3) is 0 Å². The summed E-state index contributed by atoms with van der Waals surface area (Å²) in [4.78, 5) is 11.4. The van der Waals surface area contributed by atoms with Crippen molar-refractivity contribution in [3.05, 3.63) is 117 Å². The van der Waals surface area contributed by atoms with Crippen LogP contribution in [0.1, 0.15) is 40.3 Å². The predicted molar refractivity (Wildman–Crippen MR) is 162 cm³/mol. The number of rotatable bonds is 11. The Labute approximate surface area is 243 Å². The lowest BCUT2D eigenvalue weighted by Gasteiger charge is -2.18. The minimum atomic E-state index is -0.521. The van der Waals surface area contributed by atoms with Gasteiger partial charge in [0, 0.05) is 10.6 Å². The molecule has 0 saturated heterocycles. The Morgan fingerprint density at radius 2 is 1.68 bits per heavy atom. The van der Waals surface area contributed by atoms with Gasteiger partial charge in [-0.15, -0.1) is 10.2 Å². The number of hydrogen-bond acceptors (Lipinski definition) is 7. The van der Waals surface area contributed by atoms with E-state index in [-0.39, 0.29) is 11.5 Å². The van der Waals surface area contributed by atoms with E-state index in [4.69, 9.17) is 9.47 Å². The number of nitrogens with zero attached hydrogens (tertiary/aromatic N) is 4. The van der Waals surface area contributed by atoms with Crippen LogP contribution in [0.3, 0.4) is 0 Å². The molecule has 5 rings (SSSR count). The highest BCUT2D eigenvalue weighted by Gasteiger charge is 2.25. The molecule has 0 saturated carbocycles. The van der Waals surface area contributed by atoms with Crippen LogP contribution in [0.4, 0.5) is 0 Å². The molecule has 9 heteroatoms. The van der Waals surface area contributed by atoms with Crippen molar-refractivity contribution < 1.29 is 14.4 Å². The van der Waals surface area contributed by atoms with Gasteiger partial charge in [-0.05, 0) is 91.1 Å². The third kappa shape index (κ3) is 6.52. The standard InChI is InChI=1S/C32H32N4O4S/c1-5-39-30-18-27(13-15-29(30)40-20-24-11-12-25-8-6-7-9-26(25)17-24)31(19-35(37)38)41-32-34-33-23(4)36(32)28-14-10-21(2)22(3)16-28/h6-18,31H,5,19-20H2,1-4H3/t31-/m0/s1. The molecule has 0 spiro atoms. The van der Waals surface area contributed by atoms with Gasteiger partial charge in [-0.3, -0.25) is 14.7 Å². The molecule has 41 heavy (non-hydrogen) atoms. The van der Waals surface area contributed by atoms with Crippen molar-refractivity contribution in [3.63, 3.8) is 0 Å². The van der Waals surface area contributed by atoms with E-state index in [1.54, 1.807) is 0 Å². The summed E-state index contributed by atoms with van der Waals surface area (Å²) in [6.07, 6.45) is 0. The quantitative estimate of drug-likeness (QED) is 0.0929. The van der Waals surface area contributed by atoms with Crippen LogP contribution >= 0.6 is 11.8 Å². The van der Waals surface area contributed by atoms with Gasteiger partial charge in [-0.1, -0.05) is 60.3 Å². The molecule has 0 aliphatic carbocycles. The summed E-state index contributed by atoms with van der Waals surface area (Å²) in [6, 6.07) is 26.1. The molecule has 0 aliphatic heterocycles. The number of thioether (sulfide) groups is 1. The van der Waals surface area contributed by atoms with E-state index in [1.807, 2.05) is 54.8 Å². The Hall–Kier alpha value is -4.37. The van der Waals surface area contributed by atoms with Gasteiger partial charge >= 0.3 is 0 Å². The van der Waals surface area contributed by atoms with E-state index in [1.165, 1.54) is 22.7 Å². The lowest BCUT2D eigenvalue weighted by atomic mass is 10.1. The minimum Gasteiger partial charge on any atom is -0.490 e. The van der Waals surface area contributed by atoms with Crippen molar-refractivity contribution in [2.75, 3.05) is 13.2 Å². The van der Waals surface area contributed by atoms with Gasteiger partial charge < -0.3 is 9.47 Å². The number of nitro groups is 1. The molecule has 1 aromatic heterocycles. The second-order valence-corrected chi connectivity index (χ2v) is 11.0. The maximum absolute atomic E-state index is 11.7. The number of aromatic nitrogens is 3. The molecule has 0 aliphatic rings. The van der Waals surface area contributed by atoms with E-state index in [2.05, 4.69) is 66.5 Å². The number of fused-ring (bicyclic) bond motifs is 1. The smallest absolute Gasteiger partial charge is 0.220 e. The summed E-state index contributed by atoms with van der Waals surface area (Å²) < 4.78 is 14.0. The average molecular weight is 569 g/mol. The van der Waals surface area contributed by atoms with Crippen LogP contribution in [0.25, 0.3) is 16.5 Å². The molecule has 0 unspecified atom stereocenters. The molecule has 0 bridgehead atoms. The lowest BCUT2D eigenvalue weighted by Crippen LogP contribution is -2.12. The third-order valence-electron chi connectivity index (χ3n) is 6.95. The maximum Gasteiger partial charge on any atom is 0.220 e. The van der Waals surface area contributed by atoms with Gasteiger partial charge in [-0.25, -0.2) is 0 Å². The van der Waals surface area contributed by atoms with Crippen LogP contribution in [0.2, 0.25) is 0 Å². The first-order valence-electron chi connectivity index (χ1n) is 13.5. The predicted octanol–water partition coefficient (Wildman–Crippen LogP) is 7.43. The molecule has 4 aromatic carbocycles. The van der Waals surface area contributed by atoms with Gasteiger partial charge in [0.2, 0.25) is 6.54 Å². The second-order valence-electron chi connectivity index (χ2n) is 9.86. The lowest BCUT2D eigenvalue weighted by molar-refractivity contribution is -0.479. The van der Waals surface area contributed by atoms with E-state index in [0.29, 0.717) is 35.7 Å². The summed E-state index contributed by atoms with van der Waals surface area (Å²) in [6.45, 7) is 8.42. The van der Waals surface area contributed by atoms with Crippen molar-refractivity contribution >= 4 is 22.5 Å². The van der Waals surface area contributed by atoms with E-state index in [0.717, 1.165) is 27.8 Å². The Bertz CT molecular complexity index is 1700. The number of hydrogen-bond donors (Lipinski definition) is 0. The molecule has 0 fully saturated rings. The highest BCUT2D eigenvalue weighted by atomic mass is 32.2. The third-order valence-corrected chi connectivity index (χ3v) is 8.13. The van der Waals surface area contributed by atoms with Crippen molar-refractivity contribution in [2.45, 2.75) is 44.7 Å². The maximum atomic E-state index is 11.7. The molecule has 0 amide bonds. The van der Waals surface area contributed by atoms with Crippen LogP contribution in [-0.2, 0) is 6.61 Å². The fourth-order valence-electron chi connectivity index (χ4n) is 4.66. The second kappa shape index (κ2) is 12.4. The topological polar surface area (TPSA) is 92.3 Å². The molecular weight excluding hydrogens is 536 g/mol. The van der Waals surface area contributed by atoms with Crippen LogP contribution in [0, 0.1) is 30.9 Å². The van der Waals surface area contributed by atoms with Gasteiger partial charge in [-0.2, -0.15) is 0 Å². The van der Waals surface area contributed by atoms with Crippen LogP contribution < -0.4 is 9.47 Å². The van der Waals surface area contributed by atoms with Gasteiger partial charge in [0.05, 0.1) is 6.61 Å². The summed E-state index contributed by atoms with van der Waals surface area (Å²) in [5.41, 5.74) is 5.05. The highest BCUT2D eigenvalue weighted by Crippen LogP contribution is 2.40. The van der Waals surface area contributed by atoms with Gasteiger partial charge in [0.1, 0.15) is 17.7 Å². The Kier molecular flexibility index (Phi) is 8.54. The van der Waals surface area contributed by atoms with E-state index in [9.17, 15) is 10.1 Å². The van der Waals surface area contributed by atoms with Crippen molar-refractivity contribution in [1.82, 2.24) is 14.8 Å². The van der Waals surface area contributed by atoms with Crippen LogP contribution in [0.15, 0.2) is 84.0 Å². The minimum absolute atomic E-state index is 0.285. The molecule has 0 N–H and O–H groups in total. The van der Waals surface area contributed by atoms with E-state index >= 15 is 0 Å². The number of benzene rings is 4. The summed E-state index contributed by atoms with van der Waals surface area (Å²) in [5, 5.41) is 22.8. The first kappa shape index (κ1) is 28.2. The molecular formula is C32H32N4O4S. The molecule has 210 valence electrons. The first-order chi connectivity index (χ1) is 19.8. The summed E-state index contributed by atoms with van der Waals surface area (Å²) in [7, 11) is 0. The number of ether oxygens (including phenoxy) is 2. The molecule has 8 nitrogen and oxygen atoms in total. The van der Waals surface area contributed by atoms with Crippen molar-refractivity contribution in [3.8, 4) is 17.2 Å². The van der Waals surface area contributed by atoms with Gasteiger partial charge in [0.15, 0.2) is 16.7 Å². The Balaban J connectivity index is 1.41.